The number of aromatic nitrogens is 1. The third kappa shape index (κ3) is 3.31. The van der Waals surface area contributed by atoms with E-state index in [-0.39, 0.29) is 11.6 Å². The van der Waals surface area contributed by atoms with Crippen molar-refractivity contribution >= 4 is 17.5 Å². The minimum Gasteiger partial charge on any atom is -0.339 e. The van der Waals surface area contributed by atoms with Crippen LogP contribution in [-0.2, 0) is 0 Å². The van der Waals surface area contributed by atoms with Crippen LogP contribution < -0.4 is 0 Å². The van der Waals surface area contributed by atoms with Gasteiger partial charge in [0.05, 0.1) is 16.9 Å². The lowest BCUT2D eigenvalue weighted by Gasteiger charge is -2.16. The van der Waals surface area contributed by atoms with Crippen molar-refractivity contribution in [3.63, 3.8) is 0 Å². The molecule has 144 valence electrons. The van der Waals surface area contributed by atoms with E-state index in [1.807, 2.05) is 17.0 Å². The molecule has 1 aliphatic heterocycles. The Balaban J connectivity index is 1.91. The Hall–Kier alpha value is -2.66. The second kappa shape index (κ2) is 7.40. The molecule has 1 amide bonds. The van der Waals surface area contributed by atoms with Crippen LogP contribution in [0.4, 0.5) is 8.78 Å². The van der Waals surface area contributed by atoms with Gasteiger partial charge in [0.1, 0.15) is 11.6 Å². The smallest absolute Gasteiger partial charge is 0.255 e. The van der Waals surface area contributed by atoms with Gasteiger partial charge in [0, 0.05) is 29.9 Å². The van der Waals surface area contributed by atoms with E-state index in [9.17, 15) is 13.6 Å². The van der Waals surface area contributed by atoms with Crippen LogP contribution in [0.2, 0.25) is 5.02 Å². The summed E-state index contributed by atoms with van der Waals surface area (Å²) in [4.78, 5) is 14.8. The van der Waals surface area contributed by atoms with E-state index in [4.69, 9.17) is 11.6 Å². The highest BCUT2D eigenvalue weighted by molar-refractivity contribution is 6.30. The summed E-state index contributed by atoms with van der Waals surface area (Å²) in [5.74, 6) is -1.40. The van der Waals surface area contributed by atoms with Gasteiger partial charge in [-0.05, 0) is 55.7 Å². The fraction of sp³-hybridized carbons (Fsp3) is 0.227. The molecule has 1 aliphatic rings. The maximum atomic E-state index is 14.6. The standard InChI is InChI=1S/C22H19ClF2N2O/c1-14-18(22(28)26-10-2-3-11-26)13-21(15-4-6-16(23)7-5-15)27(14)20-9-8-17(24)12-19(20)25/h4-9,12-13H,2-3,10-11H2,1H3. The number of amides is 1. The van der Waals surface area contributed by atoms with E-state index in [1.54, 1.807) is 29.7 Å². The number of rotatable bonds is 3. The van der Waals surface area contributed by atoms with Crippen LogP contribution in [0.1, 0.15) is 28.9 Å². The van der Waals surface area contributed by atoms with Crippen LogP contribution in [0.25, 0.3) is 16.9 Å². The lowest BCUT2D eigenvalue weighted by molar-refractivity contribution is 0.0792. The van der Waals surface area contributed by atoms with E-state index in [0.29, 0.717) is 22.0 Å². The first-order valence-electron chi connectivity index (χ1n) is 9.18. The number of nitrogens with zero attached hydrogens (tertiary/aromatic N) is 2. The number of carbonyl (C=O) groups is 1. The van der Waals surface area contributed by atoms with E-state index >= 15 is 0 Å². The second-order valence-corrected chi connectivity index (χ2v) is 7.40. The maximum Gasteiger partial charge on any atom is 0.255 e. The maximum absolute atomic E-state index is 14.6. The number of halogens is 3. The first kappa shape index (κ1) is 18.7. The van der Waals surface area contributed by atoms with Crippen molar-refractivity contribution in [3.05, 3.63) is 76.4 Å². The number of benzene rings is 2. The summed E-state index contributed by atoms with van der Waals surface area (Å²) in [6, 6.07) is 12.4. The zero-order chi connectivity index (χ0) is 19.8. The number of likely N-dealkylation sites (tertiary alicyclic amines) is 1. The molecule has 3 nitrogen and oxygen atoms in total. The van der Waals surface area contributed by atoms with Gasteiger partial charge in [0.2, 0.25) is 0 Å². The minimum atomic E-state index is -0.686. The van der Waals surface area contributed by atoms with Gasteiger partial charge in [-0.1, -0.05) is 23.7 Å². The van der Waals surface area contributed by atoms with Crippen LogP contribution in [-0.4, -0.2) is 28.5 Å². The molecule has 0 atom stereocenters. The van der Waals surface area contributed by atoms with Gasteiger partial charge in [0.25, 0.3) is 5.91 Å². The van der Waals surface area contributed by atoms with Crippen molar-refractivity contribution in [1.82, 2.24) is 9.47 Å². The minimum absolute atomic E-state index is 0.0634. The van der Waals surface area contributed by atoms with Crippen LogP contribution in [0.15, 0.2) is 48.5 Å². The van der Waals surface area contributed by atoms with Crippen molar-refractivity contribution in [2.75, 3.05) is 13.1 Å². The van der Waals surface area contributed by atoms with E-state index < -0.39 is 11.6 Å². The van der Waals surface area contributed by atoms with Gasteiger partial charge in [-0.3, -0.25) is 4.79 Å². The molecule has 0 aliphatic carbocycles. The summed E-state index contributed by atoms with van der Waals surface area (Å²) >= 11 is 6.00. The summed E-state index contributed by atoms with van der Waals surface area (Å²) in [7, 11) is 0. The van der Waals surface area contributed by atoms with Crippen molar-refractivity contribution in [3.8, 4) is 16.9 Å². The molecule has 28 heavy (non-hydrogen) atoms. The molecule has 3 aromatic rings. The van der Waals surface area contributed by atoms with Crippen molar-refractivity contribution in [2.24, 2.45) is 0 Å². The lowest BCUT2D eigenvalue weighted by Crippen LogP contribution is -2.27. The number of hydrogen-bond acceptors (Lipinski definition) is 1. The predicted molar refractivity (Wildman–Crippen MR) is 106 cm³/mol. The van der Waals surface area contributed by atoms with E-state index in [2.05, 4.69) is 0 Å². The van der Waals surface area contributed by atoms with Gasteiger partial charge in [0.15, 0.2) is 0 Å². The highest BCUT2D eigenvalue weighted by Gasteiger charge is 2.26. The number of carbonyl (C=O) groups excluding carboxylic acids is 1. The molecule has 0 bridgehead atoms. The van der Waals surface area contributed by atoms with Crippen LogP contribution >= 0.6 is 11.6 Å². The van der Waals surface area contributed by atoms with Crippen LogP contribution in [0, 0.1) is 18.6 Å². The monoisotopic (exact) mass is 400 g/mol. The van der Waals surface area contributed by atoms with Crippen molar-refractivity contribution < 1.29 is 13.6 Å². The SMILES string of the molecule is Cc1c(C(=O)N2CCCC2)cc(-c2ccc(Cl)cc2)n1-c1ccc(F)cc1F. The molecule has 0 spiro atoms. The number of hydrogen-bond donors (Lipinski definition) is 0. The summed E-state index contributed by atoms with van der Waals surface area (Å²) in [6.07, 6.45) is 1.98. The van der Waals surface area contributed by atoms with Crippen LogP contribution in [0.5, 0.6) is 0 Å². The van der Waals surface area contributed by atoms with Gasteiger partial charge < -0.3 is 9.47 Å². The average molecular weight is 401 g/mol. The van der Waals surface area contributed by atoms with Gasteiger partial charge in [-0.15, -0.1) is 0 Å². The topological polar surface area (TPSA) is 25.2 Å². The Bertz CT molecular complexity index is 1040. The van der Waals surface area contributed by atoms with Crippen molar-refractivity contribution in [2.45, 2.75) is 19.8 Å². The first-order valence-corrected chi connectivity index (χ1v) is 9.56. The Kier molecular flexibility index (Phi) is 4.94. The third-order valence-corrected chi connectivity index (χ3v) is 5.41. The molecule has 0 N–H and O–H groups in total. The molecular formula is C22H19ClF2N2O. The van der Waals surface area contributed by atoms with Gasteiger partial charge in [-0.25, -0.2) is 8.78 Å². The zero-order valence-electron chi connectivity index (χ0n) is 15.4. The summed E-state index contributed by atoms with van der Waals surface area (Å²) in [6.45, 7) is 3.24. The third-order valence-electron chi connectivity index (χ3n) is 5.16. The summed E-state index contributed by atoms with van der Waals surface area (Å²) in [5.41, 5.74) is 2.78. The fourth-order valence-corrected chi connectivity index (χ4v) is 3.85. The molecule has 1 aromatic heterocycles. The van der Waals surface area contributed by atoms with Gasteiger partial charge in [-0.2, -0.15) is 0 Å². The first-order chi connectivity index (χ1) is 13.5. The second-order valence-electron chi connectivity index (χ2n) is 6.97. The van der Waals surface area contributed by atoms with E-state index in [1.165, 1.54) is 12.1 Å². The molecular weight excluding hydrogens is 382 g/mol. The molecule has 1 fully saturated rings. The molecule has 0 unspecified atom stereocenters. The molecule has 2 heterocycles. The molecule has 1 saturated heterocycles. The molecule has 0 radical (unpaired) electrons. The molecule has 2 aromatic carbocycles. The summed E-state index contributed by atoms with van der Waals surface area (Å²) < 4.78 is 29.7. The fourth-order valence-electron chi connectivity index (χ4n) is 3.72. The predicted octanol–water partition coefficient (Wildman–Crippen LogP) is 5.62. The molecule has 0 saturated carbocycles. The molecule has 4 rings (SSSR count). The average Bonchev–Trinajstić information content (AvgIpc) is 3.31. The Morgan fingerprint density at radius 3 is 2.32 bits per heavy atom. The van der Waals surface area contributed by atoms with E-state index in [0.717, 1.165) is 37.6 Å². The molecule has 6 heteroatoms. The quantitative estimate of drug-likeness (QED) is 0.560. The lowest BCUT2D eigenvalue weighted by atomic mass is 10.1. The normalized spacial score (nSPS) is 13.9. The Morgan fingerprint density at radius 2 is 1.68 bits per heavy atom. The zero-order valence-corrected chi connectivity index (χ0v) is 16.1. The largest absolute Gasteiger partial charge is 0.339 e. The summed E-state index contributed by atoms with van der Waals surface area (Å²) in [5, 5.41) is 0.583. The Labute approximate surface area is 167 Å². The Morgan fingerprint density at radius 1 is 1.00 bits per heavy atom. The highest BCUT2D eigenvalue weighted by Crippen LogP contribution is 2.32. The van der Waals surface area contributed by atoms with Crippen LogP contribution in [0.3, 0.4) is 0 Å². The van der Waals surface area contributed by atoms with Crippen molar-refractivity contribution in [1.29, 1.82) is 0 Å². The van der Waals surface area contributed by atoms with Gasteiger partial charge >= 0.3 is 0 Å². The highest BCUT2D eigenvalue weighted by atomic mass is 35.5.